The van der Waals surface area contributed by atoms with Crippen molar-refractivity contribution in [1.29, 1.82) is 0 Å². The number of aromatic nitrogens is 1. The molecule has 3 amide bonds. The second-order valence-electron chi connectivity index (χ2n) is 12.7. The number of benzene rings is 1. The number of ether oxygens (including phenoxy) is 3. The molecule has 17 heteroatoms. The highest BCUT2D eigenvalue weighted by Crippen LogP contribution is 2.27. The number of Topliss-reactive ketones (excluding diaryl/α,β-unsaturated/α-hetero) is 1. The number of carbonyl (C=O) groups excluding carboxylic acids is 5. The summed E-state index contributed by atoms with van der Waals surface area (Å²) >= 11 is 0. The fraction of sp³-hybridized carbons (Fsp3) is 0.444. The molecule has 2 bridgehead atoms. The lowest BCUT2D eigenvalue weighted by Gasteiger charge is -2.30. The smallest absolute Gasteiger partial charge is 0.460 e. The van der Waals surface area contributed by atoms with Crippen LogP contribution in [0.5, 0.6) is 5.75 Å². The van der Waals surface area contributed by atoms with Gasteiger partial charge in [-0.3, -0.25) is 19.7 Å². The summed E-state index contributed by atoms with van der Waals surface area (Å²) in [5.41, 5.74) is 0.668. The molecule has 2 aliphatic rings. The summed E-state index contributed by atoms with van der Waals surface area (Å²) in [6, 6.07) is 3.42. The summed E-state index contributed by atoms with van der Waals surface area (Å²) in [6.07, 6.45) is 1.15. The predicted octanol–water partition coefficient (Wildman–Crippen LogP) is 4.66. The number of aliphatic hydroxyl groups is 1. The minimum absolute atomic E-state index is 0.0235. The molecule has 1 saturated heterocycles. The first-order valence-corrected chi connectivity index (χ1v) is 16.8. The van der Waals surface area contributed by atoms with E-state index in [0.717, 1.165) is 18.4 Å². The minimum Gasteiger partial charge on any atom is -0.460 e. The molecule has 3 heterocycles. The Hall–Kier alpha value is -5.45. The first-order valence-electron chi connectivity index (χ1n) is 16.8. The quantitative estimate of drug-likeness (QED) is 0.362. The van der Waals surface area contributed by atoms with Crippen LogP contribution in [0.3, 0.4) is 0 Å². The van der Waals surface area contributed by atoms with Crippen LogP contribution >= 0.6 is 0 Å². The molecule has 5 atom stereocenters. The molecule has 2 aliphatic heterocycles. The van der Waals surface area contributed by atoms with Crippen LogP contribution < -0.4 is 15.4 Å². The molecule has 1 aromatic heterocycles. The van der Waals surface area contributed by atoms with E-state index in [-0.39, 0.29) is 62.0 Å². The molecule has 0 unspecified atom stereocenters. The van der Waals surface area contributed by atoms with Gasteiger partial charge in [-0.15, -0.1) is 13.2 Å². The van der Waals surface area contributed by atoms with Crippen molar-refractivity contribution in [3.8, 4) is 5.75 Å². The van der Waals surface area contributed by atoms with Crippen molar-refractivity contribution in [2.75, 3.05) is 25.0 Å². The molecule has 1 aromatic carbocycles. The van der Waals surface area contributed by atoms with E-state index >= 15 is 0 Å². The van der Waals surface area contributed by atoms with E-state index in [4.69, 9.17) is 13.9 Å². The summed E-state index contributed by atoms with van der Waals surface area (Å²) in [5.74, 6) is -3.93. The maximum absolute atomic E-state index is 13.7. The summed E-state index contributed by atoms with van der Waals surface area (Å²) in [7, 11) is 0. The topological polar surface area (TPSA) is 187 Å². The monoisotopic (exact) mass is 746 g/mol. The number of nitrogens with one attached hydrogen (secondary N) is 2. The average Bonchev–Trinajstić information content (AvgIpc) is 3.77. The van der Waals surface area contributed by atoms with Crippen LogP contribution in [0.15, 0.2) is 70.9 Å². The predicted molar refractivity (Wildman–Crippen MR) is 181 cm³/mol. The third kappa shape index (κ3) is 12.6. The van der Waals surface area contributed by atoms with E-state index in [1.165, 1.54) is 35.3 Å². The Morgan fingerprint density at radius 1 is 1.17 bits per heavy atom. The molecule has 14 nitrogen and oxygen atoms in total. The number of allylic oxidation sites excluding steroid dienone is 2. The van der Waals surface area contributed by atoms with E-state index in [1.807, 2.05) is 0 Å². The Morgan fingerprint density at radius 3 is 2.62 bits per heavy atom. The molecule has 286 valence electrons. The van der Waals surface area contributed by atoms with Gasteiger partial charge in [0.15, 0.2) is 5.69 Å². The van der Waals surface area contributed by atoms with E-state index in [1.54, 1.807) is 32.9 Å². The van der Waals surface area contributed by atoms with Crippen molar-refractivity contribution in [3.05, 3.63) is 78.1 Å². The van der Waals surface area contributed by atoms with Crippen LogP contribution in [0.25, 0.3) is 0 Å². The van der Waals surface area contributed by atoms with Gasteiger partial charge in [0.25, 0.3) is 5.91 Å². The summed E-state index contributed by atoms with van der Waals surface area (Å²) in [6.45, 7) is 5.15. The number of carbonyl (C=O) groups is 5. The Balaban J connectivity index is 1.50. The van der Waals surface area contributed by atoms with Crippen molar-refractivity contribution in [3.63, 3.8) is 0 Å². The molecule has 4 rings (SSSR count). The van der Waals surface area contributed by atoms with E-state index in [2.05, 4.69) is 20.4 Å². The maximum atomic E-state index is 13.7. The number of hydrogen-bond donors (Lipinski definition) is 3. The van der Waals surface area contributed by atoms with Gasteiger partial charge in [-0.2, -0.15) is 0 Å². The largest absolute Gasteiger partial charge is 0.573 e. The Bertz CT molecular complexity index is 1720. The summed E-state index contributed by atoms with van der Waals surface area (Å²) in [4.78, 5) is 70.3. The second kappa shape index (κ2) is 18.3. The highest BCUT2D eigenvalue weighted by atomic mass is 19.4. The van der Waals surface area contributed by atoms with Gasteiger partial charge in [0.1, 0.15) is 29.9 Å². The molecule has 0 saturated carbocycles. The van der Waals surface area contributed by atoms with Crippen LogP contribution in [-0.2, 0) is 30.3 Å². The lowest BCUT2D eigenvalue weighted by molar-refractivity contribution is -0.274. The molecule has 1 fully saturated rings. The van der Waals surface area contributed by atoms with Gasteiger partial charge >= 0.3 is 18.4 Å². The van der Waals surface area contributed by atoms with Crippen LogP contribution in [0.1, 0.15) is 56.4 Å². The van der Waals surface area contributed by atoms with Crippen LogP contribution in [0, 0.1) is 11.8 Å². The standard InChI is InChI=1S/C36H41F3N4O10/c1-21-6-4-14-40-30(46)13-8-22(2)32(23(3)19-51-35(49)41-24-9-11-27(12-10-24)53-36(37,38)39)52-34(48)29-7-5-15-43(29)33(47)28-20-50-31(42-28)18-26(45)17-25(44)16-21/h4,6,8-13,16,20,22-23,25,29,32,44H,5,7,14-15,17-19H2,1-3H3,(H,40,46)(H,41,49)/b6-4+,13-8+,21-16+/t22-,23+,25-,29-,32+/m1/s1. The normalized spacial score (nSPS) is 25.2. The van der Waals surface area contributed by atoms with E-state index in [0.29, 0.717) is 12.0 Å². The van der Waals surface area contributed by atoms with Gasteiger partial charge in [0.05, 0.1) is 19.1 Å². The molecular weight excluding hydrogens is 705 g/mol. The highest BCUT2D eigenvalue weighted by Gasteiger charge is 2.39. The van der Waals surface area contributed by atoms with Gasteiger partial charge in [0.2, 0.25) is 11.8 Å². The molecule has 3 N–H and O–H groups in total. The third-order valence-electron chi connectivity index (χ3n) is 8.27. The first-order chi connectivity index (χ1) is 25.1. The lowest BCUT2D eigenvalue weighted by Crippen LogP contribution is -2.44. The number of amides is 3. The van der Waals surface area contributed by atoms with E-state index < -0.39 is 66.1 Å². The second-order valence-corrected chi connectivity index (χ2v) is 12.7. The van der Waals surface area contributed by atoms with Crippen molar-refractivity contribution in [1.82, 2.24) is 15.2 Å². The zero-order valence-corrected chi connectivity index (χ0v) is 29.3. The number of nitrogens with zero attached hydrogens (tertiary/aromatic N) is 2. The minimum atomic E-state index is -4.87. The van der Waals surface area contributed by atoms with E-state index in [9.17, 15) is 42.3 Å². The first kappa shape index (κ1) is 40.3. The molecule has 0 spiro atoms. The number of oxazole rings is 1. The number of aliphatic hydroxyl groups excluding tert-OH is 1. The van der Waals surface area contributed by atoms with Crippen LogP contribution in [0.4, 0.5) is 23.7 Å². The number of cyclic esters (lactones) is 1. The summed E-state index contributed by atoms with van der Waals surface area (Å²) in [5, 5.41) is 15.4. The number of esters is 1. The SMILES string of the molecule is CC1=C\[C@@H](O)CC(=O)Cc2nc(co2)C(=O)N2CCC[C@@H]2C(=O)O[C@H]([C@@H](C)COC(=O)Nc2ccc(OC(F)(F)F)cc2)[C@H](C)/C=C/C(=O)NC\C=C\1. The van der Waals surface area contributed by atoms with Gasteiger partial charge < -0.3 is 34.0 Å². The summed E-state index contributed by atoms with van der Waals surface area (Å²) < 4.78 is 57.9. The van der Waals surface area contributed by atoms with Crippen molar-refractivity contribution >= 4 is 35.3 Å². The van der Waals surface area contributed by atoms with Crippen molar-refractivity contribution in [2.45, 2.75) is 71.1 Å². The van der Waals surface area contributed by atoms with Gasteiger partial charge in [0, 0.05) is 37.0 Å². The number of hydrogen-bond acceptors (Lipinski definition) is 11. The number of halogens is 3. The number of ketones is 1. The Labute approximate surface area is 303 Å². The third-order valence-corrected chi connectivity index (χ3v) is 8.27. The maximum Gasteiger partial charge on any atom is 0.573 e. The zero-order valence-electron chi connectivity index (χ0n) is 29.3. The Morgan fingerprint density at radius 2 is 1.91 bits per heavy atom. The molecule has 2 aromatic rings. The highest BCUT2D eigenvalue weighted by molar-refractivity contribution is 5.95. The molecule has 53 heavy (non-hydrogen) atoms. The van der Waals surface area contributed by atoms with Crippen molar-refractivity contribution in [2.24, 2.45) is 11.8 Å². The number of anilines is 1. The molecule has 0 aliphatic carbocycles. The number of rotatable bonds is 5. The fourth-order valence-electron chi connectivity index (χ4n) is 5.75. The molecular formula is C36H41F3N4O10. The van der Waals surface area contributed by atoms with Gasteiger partial charge in [-0.1, -0.05) is 43.7 Å². The van der Waals surface area contributed by atoms with Crippen LogP contribution in [-0.4, -0.2) is 89.0 Å². The number of fused-ring (bicyclic) bond motifs is 3. The fourth-order valence-corrected chi connectivity index (χ4v) is 5.75. The number of alkyl halides is 3. The zero-order chi connectivity index (χ0) is 38.7. The van der Waals surface area contributed by atoms with Crippen LogP contribution in [0.2, 0.25) is 0 Å². The molecule has 0 radical (unpaired) electrons. The van der Waals surface area contributed by atoms with Gasteiger partial charge in [-0.25, -0.2) is 14.6 Å². The Kier molecular flexibility index (Phi) is 14.0. The van der Waals surface area contributed by atoms with Crippen molar-refractivity contribution < 1.29 is 60.9 Å². The van der Waals surface area contributed by atoms with Gasteiger partial charge in [-0.05, 0) is 50.1 Å². The lowest BCUT2D eigenvalue weighted by atomic mass is 9.93. The average molecular weight is 747 g/mol.